The molecule has 1 aromatic carbocycles. The molecule has 1 aliphatic heterocycles. The van der Waals surface area contributed by atoms with E-state index >= 15 is 0 Å². The van der Waals surface area contributed by atoms with Gasteiger partial charge in [0.1, 0.15) is 12.3 Å². The Morgan fingerprint density at radius 3 is 2.52 bits per heavy atom. The lowest BCUT2D eigenvalue weighted by molar-refractivity contribution is -0.0634. The Balaban J connectivity index is 1.78. The summed E-state index contributed by atoms with van der Waals surface area (Å²) in [6.45, 7) is 13.5. The van der Waals surface area contributed by atoms with Crippen LogP contribution in [0.25, 0.3) is 0 Å². The second kappa shape index (κ2) is 9.24. The number of nitrogens with one attached hydrogen (secondary N) is 1. The lowest BCUT2D eigenvalue weighted by Gasteiger charge is -2.37. The zero-order valence-electron chi connectivity index (χ0n) is 19.3. The van der Waals surface area contributed by atoms with Crippen molar-refractivity contribution in [2.45, 2.75) is 77.3 Å². The molecule has 0 unspecified atom stereocenters. The van der Waals surface area contributed by atoms with Gasteiger partial charge < -0.3 is 13.9 Å². The SMILES string of the molecule is Cc1cn([C@H]2C[C@H](OCc3ccccc3)[C@@H](CO[Si](C)(C)C(C)(C)C)O2)c(=O)[nH]c1=O. The number of aryl methyl sites for hydroxylation is 1. The van der Waals surface area contributed by atoms with Gasteiger partial charge in [-0.25, -0.2) is 4.79 Å². The normalized spacial score (nSPS) is 22.1. The second-order valence-electron chi connectivity index (χ2n) is 9.75. The van der Waals surface area contributed by atoms with Crippen LogP contribution in [0.1, 0.15) is 44.5 Å². The number of nitrogens with zero attached hydrogens (tertiary/aromatic N) is 1. The molecule has 0 spiro atoms. The molecule has 1 N–H and O–H groups in total. The largest absolute Gasteiger partial charge is 0.414 e. The van der Waals surface area contributed by atoms with Gasteiger partial charge >= 0.3 is 5.69 Å². The third kappa shape index (κ3) is 5.63. The van der Waals surface area contributed by atoms with Crippen molar-refractivity contribution in [2.24, 2.45) is 0 Å². The van der Waals surface area contributed by atoms with Crippen molar-refractivity contribution in [3.63, 3.8) is 0 Å². The molecule has 3 atom stereocenters. The molecule has 0 aliphatic carbocycles. The number of ether oxygens (including phenoxy) is 2. The van der Waals surface area contributed by atoms with E-state index in [9.17, 15) is 9.59 Å². The zero-order chi connectivity index (χ0) is 22.8. The summed E-state index contributed by atoms with van der Waals surface area (Å²) in [6, 6.07) is 9.97. The summed E-state index contributed by atoms with van der Waals surface area (Å²) in [6.07, 6.45) is 1.01. The monoisotopic (exact) mass is 446 g/mol. The lowest BCUT2D eigenvalue weighted by Crippen LogP contribution is -2.44. The van der Waals surface area contributed by atoms with Gasteiger partial charge in [0, 0.05) is 18.2 Å². The van der Waals surface area contributed by atoms with E-state index in [1.807, 2.05) is 30.3 Å². The van der Waals surface area contributed by atoms with Crippen LogP contribution in [0.3, 0.4) is 0 Å². The van der Waals surface area contributed by atoms with E-state index in [2.05, 4.69) is 38.8 Å². The molecule has 2 aromatic rings. The van der Waals surface area contributed by atoms with E-state index in [0.717, 1.165) is 5.56 Å². The molecule has 170 valence electrons. The van der Waals surface area contributed by atoms with Gasteiger partial charge in [0.05, 0.1) is 19.3 Å². The Morgan fingerprint density at radius 2 is 1.87 bits per heavy atom. The maximum absolute atomic E-state index is 12.4. The van der Waals surface area contributed by atoms with Gasteiger partial charge in [-0.05, 0) is 30.6 Å². The minimum Gasteiger partial charge on any atom is -0.414 e. The molecule has 1 aromatic heterocycles. The first-order chi connectivity index (χ1) is 14.5. The van der Waals surface area contributed by atoms with Gasteiger partial charge in [-0.2, -0.15) is 0 Å². The van der Waals surface area contributed by atoms with Crippen molar-refractivity contribution in [1.29, 1.82) is 0 Å². The fraction of sp³-hybridized carbons (Fsp3) is 0.565. The second-order valence-corrected chi connectivity index (χ2v) is 14.6. The quantitative estimate of drug-likeness (QED) is 0.655. The third-order valence-corrected chi connectivity index (χ3v) is 10.9. The number of aromatic nitrogens is 2. The van der Waals surface area contributed by atoms with Crippen LogP contribution in [0.2, 0.25) is 18.1 Å². The smallest absolute Gasteiger partial charge is 0.330 e. The molecule has 1 fully saturated rings. The highest BCUT2D eigenvalue weighted by atomic mass is 28.4. The summed E-state index contributed by atoms with van der Waals surface area (Å²) in [7, 11) is -1.97. The van der Waals surface area contributed by atoms with E-state index in [1.165, 1.54) is 4.57 Å². The molecule has 0 amide bonds. The molecule has 0 bridgehead atoms. The van der Waals surface area contributed by atoms with Gasteiger partial charge in [-0.3, -0.25) is 14.3 Å². The molecular formula is C23H34N2O5Si. The molecule has 0 radical (unpaired) electrons. The van der Waals surface area contributed by atoms with Crippen LogP contribution in [0.4, 0.5) is 0 Å². The number of rotatable bonds is 7. The predicted molar refractivity (Wildman–Crippen MR) is 123 cm³/mol. The zero-order valence-corrected chi connectivity index (χ0v) is 20.3. The molecule has 3 rings (SSSR count). The molecule has 8 heteroatoms. The first-order valence-electron chi connectivity index (χ1n) is 10.7. The van der Waals surface area contributed by atoms with Crippen molar-refractivity contribution in [3.05, 3.63) is 68.5 Å². The number of hydrogen-bond donors (Lipinski definition) is 1. The van der Waals surface area contributed by atoms with Crippen LogP contribution in [-0.2, 0) is 20.5 Å². The summed E-state index contributed by atoms with van der Waals surface area (Å²) in [5.41, 5.74) is 0.681. The maximum Gasteiger partial charge on any atom is 0.330 e. The highest BCUT2D eigenvalue weighted by molar-refractivity contribution is 6.74. The van der Waals surface area contributed by atoms with Crippen LogP contribution in [-0.4, -0.2) is 36.7 Å². The number of benzene rings is 1. The Kier molecular flexibility index (Phi) is 7.05. The predicted octanol–water partition coefficient (Wildman–Crippen LogP) is 3.74. The van der Waals surface area contributed by atoms with Crippen LogP contribution >= 0.6 is 0 Å². The number of H-pyrrole nitrogens is 1. The Labute approximate surface area is 184 Å². The highest BCUT2D eigenvalue weighted by Crippen LogP contribution is 2.38. The first-order valence-corrected chi connectivity index (χ1v) is 13.7. The Morgan fingerprint density at radius 1 is 1.19 bits per heavy atom. The molecule has 1 aliphatic rings. The van der Waals surface area contributed by atoms with Gasteiger partial charge in [-0.15, -0.1) is 0 Å². The van der Waals surface area contributed by atoms with Gasteiger partial charge in [0.25, 0.3) is 5.56 Å². The molecule has 7 nitrogen and oxygen atoms in total. The van der Waals surface area contributed by atoms with Crippen molar-refractivity contribution < 1.29 is 13.9 Å². The fourth-order valence-corrected chi connectivity index (χ4v) is 4.30. The third-order valence-electron chi connectivity index (χ3n) is 6.36. The lowest BCUT2D eigenvalue weighted by atomic mass is 10.1. The summed E-state index contributed by atoms with van der Waals surface area (Å²) < 4.78 is 20.3. The summed E-state index contributed by atoms with van der Waals surface area (Å²) in [5, 5.41) is 0.0817. The molecule has 0 saturated carbocycles. The summed E-state index contributed by atoms with van der Waals surface area (Å²) >= 11 is 0. The van der Waals surface area contributed by atoms with E-state index in [-0.39, 0.29) is 22.8 Å². The van der Waals surface area contributed by atoms with Crippen LogP contribution in [0, 0.1) is 6.92 Å². The van der Waals surface area contributed by atoms with E-state index in [4.69, 9.17) is 13.9 Å². The first kappa shape index (κ1) is 23.7. The minimum absolute atomic E-state index is 0.0817. The van der Waals surface area contributed by atoms with Crippen LogP contribution < -0.4 is 11.2 Å². The molecule has 1 saturated heterocycles. The number of hydrogen-bond acceptors (Lipinski definition) is 5. The average molecular weight is 447 g/mol. The standard InChI is InChI=1S/C23H34N2O5Si/c1-16-13-25(22(27)24-21(16)26)20-12-18(28-14-17-10-8-7-9-11-17)19(30-20)15-29-31(5,6)23(2,3)4/h7-11,13,18-20H,12,14-15H2,1-6H3,(H,24,26,27)/t18-,19+,20+/m0/s1. The fourth-order valence-electron chi connectivity index (χ4n) is 3.28. The van der Waals surface area contributed by atoms with Crippen molar-refractivity contribution >= 4 is 8.32 Å². The van der Waals surface area contributed by atoms with Crippen LogP contribution in [0.5, 0.6) is 0 Å². The molecule has 31 heavy (non-hydrogen) atoms. The average Bonchev–Trinajstić information content (AvgIpc) is 3.10. The van der Waals surface area contributed by atoms with E-state index in [1.54, 1.807) is 13.1 Å². The van der Waals surface area contributed by atoms with E-state index in [0.29, 0.717) is 25.2 Å². The highest BCUT2D eigenvalue weighted by Gasteiger charge is 2.42. The molecular weight excluding hydrogens is 412 g/mol. The maximum atomic E-state index is 12.4. The van der Waals surface area contributed by atoms with Crippen LogP contribution in [0.15, 0.2) is 46.1 Å². The Hall–Kier alpha value is -2.00. The van der Waals surface area contributed by atoms with Gasteiger partial charge in [0.2, 0.25) is 0 Å². The summed E-state index contributed by atoms with van der Waals surface area (Å²) in [5.74, 6) is 0. The van der Waals surface area contributed by atoms with Crippen molar-refractivity contribution in [3.8, 4) is 0 Å². The molecule has 2 heterocycles. The minimum atomic E-state index is -1.97. The van der Waals surface area contributed by atoms with E-state index < -0.39 is 20.2 Å². The van der Waals surface area contributed by atoms with Crippen molar-refractivity contribution in [2.75, 3.05) is 6.61 Å². The number of aromatic amines is 1. The summed E-state index contributed by atoms with van der Waals surface area (Å²) in [4.78, 5) is 26.5. The van der Waals surface area contributed by atoms with Gasteiger partial charge in [0.15, 0.2) is 8.32 Å². The van der Waals surface area contributed by atoms with Gasteiger partial charge in [-0.1, -0.05) is 51.1 Å². The Bertz CT molecular complexity index is 994. The topological polar surface area (TPSA) is 82.6 Å². The van der Waals surface area contributed by atoms with Crippen molar-refractivity contribution in [1.82, 2.24) is 9.55 Å².